The van der Waals surface area contributed by atoms with E-state index in [0.29, 0.717) is 13.1 Å². The van der Waals surface area contributed by atoms with Crippen LogP contribution in [0.25, 0.3) is 0 Å². The molecular formula is C15H22N2O2. The fraction of sp³-hybridized carbons (Fsp3) is 0.533. The maximum atomic E-state index is 12.4. The first-order chi connectivity index (χ1) is 8.89. The van der Waals surface area contributed by atoms with Crippen LogP contribution in [0.2, 0.25) is 0 Å². The SMILES string of the molecule is Cc1ccc(C(N)C(=O)N2CCCC(C)(O)C2)cc1. The zero-order valence-corrected chi connectivity index (χ0v) is 11.6. The molecule has 2 rings (SSSR count). The van der Waals surface area contributed by atoms with E-state index in [4.69, 9.17) is 5.73 Å². The van der Waals surface area contributed by atoms with Gasteiger partial charge < -0.3 is 15.7 Å². The minimum absolute atomic E-state index is 0.108. The molecule has 1 amide bonds. The molecule has 1 aliphatic heterocycles. The van der Waals surface area contributed by atoms with E-state index < -0.39 is 11.6 Å². The van der Waals surface area contributed by atoms with Crippen molar-refractivity contribution in [3.05, 3.63) is 35.4 Å². The van der Waals surface area contributed by atoms with Crippen LogP contribution in [0.3, 0.4) is 0 Å². The summed E-state index contributed by atoms with van der Waals surface area (Å²) in [7, 11) is 0. The molecule has 1 aliphatic rings. The maximum Gasteiger partial charge on any atom is 0.244 e. The molecule has 1 aromatic rings. The summed E-state index contributed by atoms with van der Waals surface area (Å²) in [5.74, 6) is -0.108. The molecule has 19 heavy (non-hydrogen) atoms. The molecule has 0 bridgehead atoms. The minimum atomic E-state index is -0.791. The van der Waals surface area contributed by atoms with E-state index in [1.807, 2.05) is 31.2 Å². The van der Waals surface area contributed by atoms with Gasteiger partial charge in [0.05, 0.1) is 5.60 Å². The fourth-order valence-corrected chi connectivity index (χ4v) is 2.52. The Morgan fingerprint density at radius 2 is 2.05 bits per heavy atom. The summed E-state index contributed by atoms with van der Waals surface area (Å²) >= 11 is 0. The smallest absolute Gasteiger partial charge is 0.244 e. The summed E-state index contributed by atoms with van der Waals surface area (Å²) < 4.78 is 0. The fourth-order valence-electron chi connectivity index (χ4n) is 2.52. The Balaban J connectivity index is 2.08. The summed E-state index contributed by atoms with van der Waals surface area (Å²) in [6.45, 7) is 4.81. The number of carbonyl (C=O) groups is 1. The summed E-state index contributed by atoms with van der Waals surface area (Å²) in [6, 6.07) is 7.04. The van der Waals surface area contributed by atoms with Crippen LogP contribution < -0.4 is 5.73 Å². The number of aliphatic hydroxyl groups is 1. The minimum Gasteiger partial charge on any atom is -0.388 e. The van der Waals surface area contributed by atoms with Gasteiger partial charge in [0, 0.05) is 13.1 Å². The maximum absolute atomic E-state index is 12.4. The molecule has 0 aromatic heterocycles. The highest BCUT2D eigenvalue weighted by atomic mass is 16.3. The van der Waals surface area contributed by atoms with Gasteiger partial charge in [0.15, 0.2) is 0 Å². The van der Waals surface area contributed by atoms with Crippen molar-refractivity contribution in [2.75, 3.05) is 13.1 Å². The van der Waals surface area contributed by atoms with Crippen LogP contribution in [0.4, 0.5) is 0 Å². The Morgan fingerprint density at radius 3 is 2.63 bits per heavy atom. The van der Waals surface area contributed by atoms with E-state index in [2.05, 4.69) is 0 Å². The van der Waals surface area contributed by atoms with E-state index in [9.17, 15) is 9.90 Å². The van der Waals surface area contributed by atoms with Crippen LogP contribution in [-0.4, -0.2) is 34.6 Å². The molecule has 0 spiro atoms. The monoisotopic (exact) mass is 262 g/mol. The summed E-state index contributed by atoms with van der Waals surface area (Å²) in [6.07, 6.45) is 1.55. The lowest BCUT2D eigenvalue weighted by atomic mass is 9.94. The van der Waals surface area contributed by atoms with Gasteiger partial charge in [-0.05, 0) is 32.3 Å². The third kappa shape index (κ3) is 3.33. The predicted octanol–water partition coefficient (Wildman–Crippen LogP) is 1.37. The number of rotatable bonds is 2. The van der Waals surface area contributed by atoms with Gasteiger partial charge in [-0.2, -0.15) is 0 Å². The number of piperidine rings is 1. The lowest BCUT2D eigenvalue weighted by molar-refractivity contribution is -0.139. The first-order valence-electron chi connectivity index (χ1n) is 6.72. The third-order valence-electron chi connectivity index (χ3n) is 3.69. The second-order valence-electron chi connectivity index (χ2n) is 5.75. The highest BCUT2D eigenvalue weighted by molar-refractivity contribution is 5.83. The molecule has 0 saturated carbocycles. The molecule has 4 heteroatoms. The average molecular weight is 262 g/mol. The van der Waals surface area contributed by atoms with Crippen molar-refractivity contribution in [2.45, 2.75) is 38.3 Å². The average Bonchev–Trinajstić information content (AvgIpc) is 2.37. The quantitative estimate of drug-likeness (QED) is 0.846. The van der Waals surface area contributed by atoms with Crippen LogP contribution in [0.15, 0.2) is 24.3 Å². The lowest BCUT2D eigenvalue weighted by Crippen LogP contribution is -2.51. The predicted molar refractivity (Wildman–Crippen MR) is 74.5 cm³/mol. The van der Waals surface area contributed by atoms with Gasteiger partial charge in [-0.3, -0.25) is 4.79 Å². The molecule has 1 aromatic carbocycles. The first kappa shape index (κ1) is 14.0. The number of benzene rings is 1. The first-order valence-corrected chi connectivity index (χ1v) is 6.72. The summed E-state index contributed by atoms with van der Waals surface area (Å²) in [4.78, 5) is 14.0. The van der Waals surface area contributed by atoms with Gasteiger partial charge in [0.25, 0.3) is 0 Å². The second kappa shape index (κ2) is 5.31. The van der Waals surface area contributed by atoms with E-state index in [0.717, 1.165) is 24.0 Å². The molecule has 1 saturated heterocycles. The highest BCUT2D eigenvalue weighted by Gasteiger charge is 2.33. The number of hydrogen-bond acceptors (Lipinski definition) is 3. The summed E-state index contributed by atoms with van der Waals surface area (Å²) in [5.41, 5.74) is 7.21. The van der Waals surface area contributed by atoms with Gasteiger partial charge in [-0.1, -0.05) is 29.8 Å². The molecule has 104 valence electrons. The third-order valence-corrected chi connectivity index (χ3v) is 3.69. The Bertz CT molecular complexity index is 454. The van der Waals surface area contributed by atoms with Crippen molar-refractivity contribution in [2.24, 2.45) is 5.73 Å². The standard InChI is InChI=1S/C15H22N2O2/c1-11-4-6-12(7-5-11)13(16)14(18)17-9-3-8-15(2,19)10-17/h4-7,13,19H,3,8-10,16H2,1-2H3. The van der Waals surface area contributed by atoms with Crippen molar-refractivity contribution < 1.29 is 9.90 Å². The Hall–Kier alpha value is -1.39. The number of likely N-dealkylation sites (tertiary alicyclic amines) is 1. The van der Waals surface area contributed by atoms with Crippen LogP contribution in [0.5, 0.6) is 0 Å². The van der Waals surface area contributed by atoms with Crippen molar-refractivity contribution in [1.29, 1.82) is 0 Å². The van der Waals surface area contributed by atoms with E-state index in [1.165, 1.54) is 0 Å². The topological polar surface area (TPSA) is 66.6 Å². The Morgan fingerprint density at radius 1 is 1.42 bits per heavy atom. The Labute approximate surface area is 114 Å². The molecule has 0 radical (unpaired) electrons. The molecule has 0 aliphatic carbocycles. The number of nitrogens with zero attached hydrogens (tertiary/aromatic N) is 1. The van der Waals surface area contributed by atoms with Crippen LogP contribution >= 0.6 is 0 Å². The Kier molecular flexibility index (Phi) is 3.92. The second-order valence-corrected chi connectivity index (χ2v) is 5.75. The molecule has 1 fully saturated rings. The number of nitrogens with two attached hydrogens (primary N) is 1. The van der Waals surface area contributed by atoms with Crippen molar-refractivity contribution in [3.63, 3.8) is 0 Å². The number of carbonyl (C=O) groups excluding carboxylic acids is 1. The van der Waals surface area contributed by atoms with Gasteiger partial charge >= 0.3 is 0 Å². The highest BCUT2D eigenvalue weighted by Crippen LogP contribution is 2.23. The number of hydrogen-bond donors (Lipinski definition) is 2. The number of aryl methyl sites for hydroxylation is 1. The van der Waals surface area contributed by atoms with E-state index in [1.54, 1.807) is 11.8 Å². The van der Waals surface area contributed by atoms with E-state index in [-0.39, 0.29) is 5.91 Å². The van der Waals surface area contributed by atoms with Crippen LogP contribution in [0, 0.1) is 6.92 Å². The van der Waals surface area contributed by atoms with Crippen LogP contribution in [0.1, 0.15) is 36.9 Å². The van der Waals surface area contributed by atoms with Crippen LogP contribution in [-0.2, 0) is 4.79 Å². The van der Waals surface area contributed by atoms with Gasteiger partial charge in [0.1, 0.15) is 6.04 Å². The van der Waals surface area contributed by atoms with E-state index >= 15 is 0 Å². The molecule has 2 unspecified atom stereocenters. The van der Waals surface area contributed by atoms with Gasteiger partial charge in [-0.15, -0.1) is 0 Å². The zero-order valence-electron chi connectivity index (χ0n) is 11.6. The molecule has 3 N–H and O–H groups in total. The number of amides is 1. The molecule has 4 nitrogen and oxygen atoms in total. The lowest BCUT2D eigenvalue weighted by Gasteiger charge is -2.38. The van der Waals surface area contributed by atoms with Gasteiger partial charge in [0.2, 0.25) is 5.91 Å². The van der Waals surface area contributed by atoms with Crippen molar-refractivity contribution in [1.82, 2.24) is 4.90 Å². The van der Waals surface area contributed by atoms with Crippen molar-refractivity contribution in [3.8, 4) is 0 Å². The molecular weight excluding hydrogens is 240 g/mol. The molecule has 1 heterocycles. The normalized spacial score (nSPS) is 25.2. The number of β-amino-alcohol motifs (C(OH)–C–C–N with tert-alkyl or cyclic N) is 1. The van der Waals surface area contributed by atoms with Gasteiger partial charge in [-0.25, -0.2) is 0 Å². The summed E-state index contributed by atoms with van der Waals surface area (Å²) in [5, 5.41) is 10.0. The molecule has 2 atom stereocenters. The largest absolute Gasteiger partial charge is 0.388 e. The van der Waals surface area contributed by atoms with Crippen molar-refractivity contribution >= 4 is 5.91 Å². The zero-order chi connectivity index (χ0) is 14.0.